The number of hydrogen-bond acceptors (Lipinski definition) is 8. The van der Waals surface area contributed by atoms with E-state index in [-0.39, 0.29) is 13.0 Å². The van der Waals surface area contributed by atoms with E-state index in [0.29, 0.717) is 13.0 Å². The van der Waals surface area contributed by atoms with E-state index in [4.69, 9.17) is 29.4 Å². The number of nitrogens with two attached hydrogens (primary N) is 1. The third-order valence-electron chi connectivity index (χ3n) is 9.36. The molecule has 10 nitrogen and oxygen atoms in total. The number of carboxylic acids is 1. The fourth-order valence-corrected chi connectivity index (χ4v) is 6.60. The molecule has 0 aromatic heterocycles. The van der Waals surface area contributed by atoms with Gasteiger partial charge in [0.2, 0.25) is 0 Å². The number of phosphoric ester groups is 1. The summed E-state index contributed by atoms with van der Waals surface area (Å²) >= 11 is 0. The summed E-state index contributed by atoms with van der Waals surface area (Å²) in [5.41, 5.74) is 5.36. The van der Waals surface area contributed by atoms with E-state index in [2.05, 4.69) is 111 Å². The number of unbranched alkanes of at least 4 members (excludes halogenated alkanes) is 13. The third-order valence-corrected chi connectivity index (χ3v) is 10.3. The summed E-state index contributed by atoms with van der Waals surface area (Å²) in [4.78, 5) is 33.6. The van der Waals surface area contributed by atoms with E-state index in [1.807, 2.05) is 0 Å². The van der Waals surface area contributed by atoms with Gasteiger partial charge in [0.1, 0.15) is 12.1 Å². The molecule has 0 aliphatic heterocycles. The zero-order valence-corrected chi connectivity index (χ0v) is 38.9. The Hall–Kier alpha value is -3.11. The molecule has 0 radical (unpaired) electrons. The summed E-state index contributed by atoms with van der Waals surface area (Å²) < 4.78 is 33.4. The van der Waals surface area contributed by atoms with Crippen LogP contribution in [0.2, 0.25) is 0 Å². The molecule has 0 aromatic rings. The largest absolute Gasteiger partial charge is 0.480 e. The lowest BCUT2D eigenvalue weighted by molar-refractivity contribution is -0.154. The molecular weight excluding hydrogens is 790 g/mol. The molecule has 0 rings (SSSR count). The molecule has 0 spiro atoms. The number of phosphoric acid groups is 1. The van der Waals surface area contributed by atoms with Gasteiger partial charge < -0.3 is 25.2 Å². The van der Waals surface area contributed by atoms with Crippen LogP contribution in [0.5, 0.6) is 0 Å². The Balaban J connectivity index is 4.22. The molecule has 0 aliphatic carbocycles. The standard InChI is InChI=1S/C50H84NO9P/c1-3-5-7-9-11-13-15-17-19-20-21-22-23-24-25-26-27-29-31-33-35-37-39-41-43-57-44-47(45-58-61(55,56)59-46-48(51)50(53)54)60-49(52)42-40-38-36-34-32-30-28-18-16-14-12-10-8-6-4-2/h5-8,11-14,17-19,21-22,28,32,34,47-48H,3-4,9-10,15-16,20,23-27,29-31,33,35-46,51H2,1-2H3,(H,53,54)(H,55,56)/b7-5-,8-6-,13-11-,14-12-,19-17-,22-21-,28-18-,34-32-. The van der Waals surface area contributed by atoms with Gasteiger partial charge in [-0.1, -0.05) is 169 Å². The van der Waals surface area contributed by atoms with Gasteiger partial charge in [0.15, 0.2) is 0 Å². The predicted octanol–water partition coefficient (Wildman–Crippen LogP) is 13.3. The zero-order valence-electron chi connectivity index (χ0n) is 38.0. The van der Waals surface area contributed by atoms with E-state index in [9.17, 15) is 19.0 Å². The summed E-state index contributed by atoms with van der Waals surface area (Å²) in [6.45, 7) is 3.58. The number of rotatable bonds is 43. The van der Waals surface area contributed by atoms with Crippen LogP contribution in [0.3, 0.4) is 0 Å². The Kier molecular flexibility index (Phi) is 42.6. The fraction of sp³-hybridized carbons (Fsp3) is 0.640. The minimum Gasteiger partial charge on any atom is -0.480 e. The van der Waals surface area contributed by atoms with Gasteiger partial charge in [0, 0.05) is 13.0 Å². The van der Waals surface area contributed by atoms with Gasteiger partial charge in [-0.3, -0.25) is 18.6 Å². The maximum Gasteiger partial charge on any atom is 0.472 e. The van der Waals surface area contributed by atoms with Crippen LogP contribution < -0.4 is 5.73 Å². The van der Waals surface area contributed by atoms with E-state index in [0.717, 1.165) is 83.5 Å². The van der Waals surface area contributed by atoms with Crippen molar-refractivity contribution in [3.63, 3.8) is 0 Å². The first-order chi connectivity index (χ1) is 29.7. The smallest absolute Gasteiger partial charge is 0.472 e. The number of ether oxygens (including phenoxy) is 2. The summed E-state index contributed by atoms with van der Waals surface area (Å²) in [6, 6.07) is -1.49. The maximum atomic E-state index is 12.6. The van der Waals surface area contributed by atoms with Crippen molar-refractivity contribution >= 4 is 19.8 Å². The molecule has 61 heavy (non-hydrogen) atoms. The average molecular weight is 874 g/mol. The van der Waals surface area contributed by atoms with Crippen molar-refractivity contribution in [1.82, 2.24) is 0 Å². The van der Waals surface area contributed by atoms with Crippen LogP contribution in [0, 0.1) is 0 Å². The van der Waals surface area contributed by atoms with Crippen molar-refractivity contribution < 1.29 is 42.7 Å². The van der Waals surface area contributed by atoms with E-state index in [1.165, 1.54) is 57.8 Å². The molecule has 0 saturated carbocycles. The summed E-state index contributed by atoms with van der Waals surface area (Å²) in [6.07, 6.45) is 59.0. The highest BCUT2D eigenvalue weighted by Crippen LogP contribution is 2.43. The predicted molar refractivity (Wildman–Crippen MR) is 253 cm³/mol. The minimum absolute atomic E-state index is 0.00816. The molecule has 0 amide bonds. The van der Waals surface area contributed by atoms with Crippen molar-refractivity contribution in [3.05, 3.63) is 97.2 Å². The summed E-state index contributed by atoms with van der Waals surface area (Å²) in [5.74, 6) is -1.83. The number of aliphatic carboxylic acids is 1. The van der Waals surface area contributed by atoms with Crippen molar-refractivity contribution in [1.29, 1.82) is 0 Å². The minimum atomic E-state index is -4.64. The van der Waals surface area contributed by atoms with Crippen LogP contribution in [-0.2, 0) is 32.7 Å². The number of carboxylic acid groups (broad SMARTS) is 1. The average Bonchev–Trinajstić information content (AvgIpc) is 3.24. The normalized spacial score (nSPS) is 14.7. The molecule has 3 atom stereocenters. The molecule has 348 valence electrons. The van der Waals surface area contributed by atoms with Crippen LogP contribution in [0.15, 0.2) is 97.2 Å². The van der Waals surface area contributed by atoms with Gasteiger partial charge in [-0.25, -0.2) is 4.57 Å². The Labute approximate surface area is 370 Å². The quantitative estimate of drug-likeness (QED) is 0.0233. The van der Waals surface area contributed by atoms with Crippen LogP contribution >= 0.6 is 7.82 Å². The molecule has 0 aliphatic rings. The lowest BCUT2D eigenvalue weighted by Gasteiger charge is -2.20. The van der Waals surface area contributed by atoms with Crippen molar-refractivity contribution in [3.8, 4) is 0 Å². The highest BCUT2D eigenvalue weighted by atomic mass is 31.2. The topological polar surface area (TPSA) is 155 Å². The first kappa shape index (κ1) is 57.9. The van der Waals surface area contributed by atoms with Crippen molar-refractivity contribution in [2.45, 2.75) is 180 Å². The monoisotopic (exact) mass is 874 g/mol. The summed E-state index contributed by atoms with van der Waals surface area (Å²) in [7, 11) is -4.64. The van der Waals surface area contributed by atoms with Gasteiger partial charge in [-0.2, -0.15) is 0 Å². The second-order valence-electron chi connectivity index (χ2n) is 15.1. The van der Waals surface area contributed by atoms with Crippen molar-refractivity contribution in [2.24, 2.45) is 5.73 Å². The molecule has 0 saturated heterocycles. The number of allylic oxidation sites excluding steroid dienone is 16. The van der Waals surface area contributed by atoms with Gasteiger partial charge in [-0.05, 0) is 89.9 Å². The molecule has 0 heterocycles. The first-order valence-electron chi connectivity index (χ1n) is 23.3. The lowest BCUT2D eigenvalue weighted by atomic mass is 10.1. The van der Waals surface area contributed by atoms with E-state index in [1.54, 1.807) is 0 Å². The molecule has 0 fully saturated rings. The van der Waals surface area contributed by atoms with Gasteiger partial charge in [-0.15, -0.1) is 0 Å². The highest BCUT2D eigenvalue weighted by molar-refractivity contribution is 7.47. The molecule has 4 N–H and O–H groups in total. The third kappa shape index (κ3) is 44.7. The maximum absolute atomic E-state index is 12.6. The van der Waals surface area contributed by atoms with Crippen LogP contribution in [0.1, 0.15) is 168 Å². The molecule has 0 bridgehead atoms. The number of hydrogen-bond donors (Lipinski definition) is 3. The van der Waals surface area contributed by atoms with Crippen molar-refractivity contribution in [2.75, 3.05) is 26.4 Å². The first-order valence-corrected chi connectivity index (χ1v) is 24.8. The second kappa shape index (κ2) is 44.9. The fourth-order valence-electron chi connectivity index (χ4n) is 5.82. The molecule has 11 heteroatoms. The number of esters is 1. The van der Waals surface area contributed by atoms with E-state index >= 15 is 0 Å². The Morgan fingerprint density at radius 2 is 0.902 bits per heavy atom. The van der Waals surface area contributed by atoms with Crippen LogP contribution in [-0.4, -0.2) is 60.5 Å². The van der Waals surface area contributed by atoms with Gasteiger partial charge >= 0.3 is 19.8 Å². The Bertz CT molecular complexity index is 1330. The lowest BCUT2D eigenvalue weighted by Crippen LogP contribution is -2.34. The Morgan fingerprint density at radius 1 is 0.525 bits per heavy atom. The second-order valence-corrected chi connectivity index (χ2v) is 16.6. The highest BCUT2D eigenvalue weighted by Gasteiger charge is 2.27. The number of carbonyl (C=O) groups excluding carboxylic acids is 1. The van der Waals surface area contributed by atoms with E-state index < -0.39 is 45.1 Å². The summed E-state index contributed by atoms with van der Waals surface area (Å²) in [5, 5.41) is 8.91. The SMILES string of the molecule is CC/C=C\C/C=C\C/C=C\C/C=C\CCCCCCCCCCCCCOCC(COP(=O)(O)OCC(N)C(=O)O)OC(=O)CCCC/C=C\C/C=C\C/C=C\C/C=C\CC. The molecule has 0 aromatic carbocycles. The molecular formula is C50H84NO9P. The number of carbonyl (C=O) groups is 2. The van der Waals surface area contributed by atoms with Gasteiger partial charge in [0.25, 0.3) is 0 Å². The van der Waals surface area contributed by atoms with Gasteiger partial charge in [0.05, 0.1) is 19.8 Å². The van der Waals surface area contributed by atoms with Crippen LogP contribution in [0.25, 0.3) is 0 Å². The Morgan fingerprint density at radius 3 is 1.34 bits per heavy atom. The van der Waals surface area contributed by atoms with Crippen LogP contribution in [0.4, 0.5) is 0 Å². The molecule has 3 unspecified atom stereocenters. The zero-order chi connectivity index (χ0) is 44.8.